The summed E-state index contributed by atoms with van der Waals surface area (Å²) in [4.78, 5) is 17.2. The number of aromatic nitrogens is 1. The Hall–Kier alpha value is -3.39. The molecule has 0 aliphatic rings. The molecule has 1 N–H and O–H groups in total. The van der Waals surface area contributed by atoms with Crippen molar-refractivity contribution in [2.75, 3.05) is 5.32 Å². The fourth-order valence-corrected chi connectivity index (χ4v) is 4.32. The van der Waals surface area contributed by atoms with Crippen LogP contribution in [0.3, 0.4) is 0 Å². The van der Waals surface area contributed by atoms with Gasteiger partial charge in [-0.05, 0) is 44.0 Å². The van der Waals surface area contributed by atoms with Gasteiger partial charge in [-0.2, -0.15) is 10.5 Å². The van der Waals surface area contributed by atoms with Gasteiger partial charge < -0.3 is 10.1 Å². The lowest BCUT2D eigenvalue weighted by molar-refractivity contribution is -0.122. The largest absolute Gasteiger partial charge is 0.480 e. The first-order valence-corrected chi connectivity index (χ1v) is 11.2. The van der Waals surface area contributed by atoms with Crippen molar-refractivity contribution in [1.29, 1.82) is 10.5 Å². The van der Waals surface area contributed by atoms with Crippen LogP contribution in [-0.2, 0) is 4.79 Å². The number of carbonyl (C=O) groups excluding carboxylic acids is 1. The third-order valence-corrected chi connectivity index (χ3v) is 6.09. The van der Waals surface area contributed by atoms with Gasteiger partial charge in [-0.15, -0.1) is 11.3 Å². The Bertz CT molecular complexity index is 1210. The fourth-order valence-electron chi connectivity index (χ4n) is 3.13. The predicted molar refractivity (Wildman–Crippen MR) is 126 cm³/mol. The number of halogens is 1. The number of benzene rings is 2. The predicted octanol–water partition coefficient (Wildman–Crippen LogP) is 6.01. The number of amides is 1. The molecule has 0 saturated heterocycles. The van der Waals surface area contributed by atoms with Crippen LogP contribution in [0.4, 0.5) is 5.69 Å². The van der Waals surface area contributed by atoms with E-state index in [-0.39, 0.29) is 5.91 Å². The van der Waals surface area contributed by atoms with Crippen molar-refractivity contribution >= 4 is 34.5 Å². The summed E-state index contributed by atoms with van der Waals surface area (Å²) in [6.07, 6.45) is -0.148. The zero-order valence-corrected chi connectivity index (χ0v) is 19.4. The molecule has 162 valence electrons. The quantitative estimate of drug-likeness (QED) is 0.461. The molecule has 0 bridgehead atoms. The van der Waals surface area contributed by atoms with Crippen molar-refractivity contribution < 1.29 is 9.53 Å². The van der Waals surface area contributed by atoms with Crippen LogP contribution in [0.1, 0.15) is 35.4 Å². The number of anilines is 1. The molecule has 8 heteroatoms. The minimum Gasteiger partial charge on any atom is -0.480 e. The van der Waals surface area contributed by atoms with Gasteiger partial charge in [0, 0.05) is 11.3 Å². The number of ether oxygens (including phenoxy) is 1. The van der Waals surface area contributed by atoms with Gasteiger partial charge >= 0.3 is 0 Å². The summed E-state index contributed by atoms with van der Waals surface area (Å²) >= 11 is 7.41. The van der Waals surface area contributed by atoms with Gasteiger partial charge in [0.25, 0.3) is 5.91 Å². The zero-order valence-electron chi connectivity index (χ0n) is 17.8. The lowest BCUT2D eigenvalue weighted by atomic mass is 10.1. The Labute approximate surface area is 196 Å². The van der Waals surface area contributed by atoms with Crippen molar-refractivity contribution in [3.05, 3.63) is 62.9 Å². The highest BCUT2D eigenvalue weighted by Gasteiger charge is 2.21. The molecular formula is C24H21ClN4O2S. The van der Waals surface area contributed by atoms with Crippen LogP contribution in [-0.4, -0.2) is 17.0 Å². The fraction of sp³-hybridized carbons (Fsp3) is 0.250. The monoisotopic (exact) mass is 464 g/mol. The maximum absolute atomic E-state index is 12.9. The molecule has 1 amide bonds. The Balaban J connectivity index is 1.79. The Morgan fingerprint density at radius 2 is 1.97 bits per heavy atom. The second-order valence-corrected chi connectivity index (χ2v) is 8.85. The highest BCUT2D eigenvalue weighted by atomic mass is 35.5. The molecule has 0 radical (unpaired) electrons. The van der Waals surface area contributed by atoms with E-state index in [4.69, 9.17) is 26.9 Å². The van der Waals surface area contributed by atoms with Gasteiger partial charge in [-0.25, -0.2) is 4.98 Å². The topological polar surface area (TPSA) is 98.8 Å². The second kappa shape index (κ2) is 10.3. The molecule has 0 saturated carbocycles. The number of hydrogen-bond acceptors (Lipinski definition) is 6. The number of carbonyl (C=O) groups is 1. The van der Waals surface area contributed by atoms with Gasteiger partial charge in [-0.3, -0.25) is 4.79 Å². The number of rotatable bonds is 7. The number of aryl methyl sites for hydroxylation is 2. The third kappa shape index (κ3) is 5.26. The SMILES string of the molecule is CCC(Oc1ccc(C)cc1C)C(=O)Nc1cccc(-c2nc(C(C#N)C#N)sc2Cl)c1. The summed E-state index contributed by atoms with van der Waals surface area (Å²) in [5.41, 5.74) is 3.81. The van der Waals surface area contributed by atoms with Gasteiger partial charge in [0.2, 0.25) is 0 Å². The molecule has 0 fully saturated rings. The highest BCUT2D eigenvalue weighted by molar-refractivity contribution is 7.16. The molecule has 3 rings (SSSR count). The molecule has 6 nitrogen and oxygen atoms in total. The number of nitrogens with zero attached hydrogens (tertiary/aromatic N) is 3. The van der Waals surface area contributed by atoms with Crippen LogP contribution < -0.4 is 10.1 Å². The molecule has 2 aromatic carbocycles. The van der Waals surface area contributed by atoms with E-state index in [9.17, 15) is 4.79 Å². The van der Waals surface area contributed by atoms with Gasteiger partial charge in [0.05, 0.1) is 12.1 Å². The molecule has 3 aromatic rings. The summed E-state index contributed by atoms with van der Waals surface area (Å²) in [5, 5.41) is 21.4. The summed E-state index contributed by atoms with van der Waals surface area (Å²) in [5.74, 6) is -0.553. The normalized spacial score (nSPS) is 11.5. The van der Waals surface area contributed by atoms with E-state index in [1.54, 1.807) is 24.3 Å². The number of thiazole rings is 1. The van der Waals surface area contributed by atoms with Crippen LogP contribution in [0.2, 0.25) is 4.34 Å². The second-order valence-electron chi connectivity index (χ2n) is 7.22. The first-order chi connectivity index (χ1) is 15.4. The summed E-state index contributed by atoms with van der Waals surface area (Å²) in [7, 11) is 0. The van der Waals surface area contributed by atoms with Gasteiger partial charge in [-0.1, -0.05) is 48.4 Å². The first-order valence-electron chi connectivity index (χ1n) is 9.97. The summed E-state index contributed by atoms with van der Waals surface area (Å²) < 4.78 is 6.35. The van der Waals surface area contributed by atoms with Crippen molar-refractivity contribution in [1.82, 2.24) is 4.98 Å². The zero-order chi connectivity index (χ0) is 23.3. The van der Waals surface area contributed by atoms with Crippen molar-refractivity contribution in [3.8, 4) is 29.1 Å². The minimum absolute atomic E-state index is 0.260. The summed E-state index contributed by atoms with van der Waals surface area (Å²) in [6, 6.07) is 16.7. The molecule has 0 spiro atoms. The summed E-state index contributed by atoms with van der Waals surface area (Å²) in [6.45, 7) is 5.85. The van der Waals surface area contributed by atoms with Gasteiger partial charge in [0.15, 0.2) is 12.0 Å². The smallest absolute Gasteiger partial charge is 0.265 e. The van der Waals surface area contributed by atoms with E-state index in [2.05, 4.69) is 10.3 Å². The standard InChI is InChI=1S/C24H21ClN4O2S/c1-4-19(31-20-9-8-14(2)10-15(20)3)23(30)28-18-7-5-6-16(11-18)21-22(25)32-24(29-21)17(12-26)13-27/h5-11,17,19H,4H2,1-3H3,(H,28,30). The Kier molecular flexibility index (Phi) is 7.48. The minimum atomic E-state index is -0.971. The molecule has 1 atom stereocenters. The number of nitriles is 2. The van der Waals surface area contributed by atoms with E-state index in [1.165, 1.54) is 0 Å². The molecule has 32 heavy (non-hydrogen) atoms. The van der Waals surface area contributed by atoms with Gasteiger partial charge in [0.1, 0.15) is 20.8 Å². The van der Waals surface area contributed by atoms with E-state index in [1.807, 2.05) is 51.1 Å². The van der Waals surface area contributed by atoms with Crippen LogP contribution >= 0.6 is 22.9 Å². The first kappa shape index (κ1) is 23.3. The average Bonchev–Trinajstić information content (AvgIpc) is 3.15. The lowest BCUT2D eigenvalue weighted by Crippen LogP contribution is -2.32. The van der Waals surface area contributed by atoms with Crippen molar-refractivity contribution in [3.63, 3.8) is 0 Å². The number of nitrogens with one attached hydrogen (secondary N) is 1. The Morgan fingerprint density at radius 3 is 2.62 bits per heavy atom. The average molecular weight is 465 g/mol. The third-order valence-electron chi connectivity index (χ3n) is 4.77. The molecule has 0 aliphatic carbocycles. The Morgan fingerprint density at radius 1 is 1.22 bits per heavy atom. The van der Waals surface area contributed by atoms with E-state index >= 15 is 0 Å². The van der Waals surface area contributed by atoms with Crippen LogP contribution in [0.15, 0.2) is 42.5 Å². The van der Waals surface area contributed by atoms with E-state index in [0.717, 1.165) is 22.5 Å². The molecule has 1 heterocycles. The molecule has 1 unspecified atom stereocenters. The van der Waals surface area contributed by atoms with Crippen LogP contribution in [0.5, 0.6) is 5.75 Å². The molecular weight excluding hydrogens is 444 g/mol. The maximum Gasteiger partial charge on any atom is 0.265 e. The molecule has 0 aliphatic heterocycles. The molecule has 1 aromatic heterocycles. The lowest BCUT2D eigenvalue weighted by Gasteiger charge is -2.19. The maximum atomic E-state index is 12.9. The number of hydrogen-bond donors (Lipinski definition) is 1. The van der Waals surface area contributed by atoms with Crippen LogP contribution in [0, 0.1) is 36.5 Å². The van der Waals surface area contributed by atoms with Crippen LogP contribution in [0.25, 0.3) is 11.3 Å². The van der Waals surface area contributed by atoms with Crippen molar-refractivity contribution in [2.45, 2.75) is 39.2 Å². The highest BCUT2D eigenvalue weighted by Crippen LogP contribution is 2.36. The van der Waals surface area contributed by atoms with E-state index in [0.29, 0.717) is 38.5 Å². The van der Waals surface area contributed by atoms with Crippen molar-refractivity contribution in [2.24, 2.45) is 0 Å². The van der Waals surface area contributed by atoms with E-state index < -0.39 is 12.0 Å².